The quantitative estimate of drug-likeness (QED) is 0.821. The van der Waals surface area contributed by atoms with Crippen molar-refractivity contribution in [3.8, 4) is 0 Å². The molecule has 2 nitrogen and oxygen atoms in total. The van der Waals surface area contributed by atoms with Gasteiger partial charge in [0.15, 0.2) is 0 Å². The van der Waals surface area contributed by atoms with Gasteiger partial charge in [-0.25, -0.2) is 8.78 Å². The normalized spacial score (nSPS) is 28.4. The van der Waals surface area contributed by atoms with Crippen molar-refractivity contribution in [3.63, 3.8) is 0 Å². The molecule has 0 N–H and O–H groups in total. The Morgan fingerprint density at radius 2 is 2.05 bits per heavy atom. The molecule has 3 rings (SSSR count). The highest BCUT2D eigenvalue weighted by molar-refractivity contribution is 5.18. The predicted octanol–water partition coefficient (Wildman–Crippen LogP) is 3.02. The SMILES string of the molecule is CC1CN2CCCCC2CN1Cc1ccc(F)cc1F. The molecule has 4 heteroatoms. The predicted molar refractivity (Wildman–Crippen MR) is 75.4 cm³/mol. The molecule has 0 aliphatic carbocycles. The van der Waals surface area contributed by atoms with Crippen LogP contribution in [-0.2, 0) is 6.54 Å². The van der Waals surface area contributed by atoms with Crippen molar-refractivity contribution in [1.29, 1.82) is 0 Å². The van der Waals surface area contributed by atoms with E-state index in [4.69, 9.17) is 0 Å². The Bertz CT molecular complexity index is 478. The first kappa shape index (κ1) is 14.0. The van der Waals surface area contributed by atoms with E-state index in [1.54, 1.807) is 6.07 Å². The van der Waals surface area contributed by atoms with E-state index in [-0.39, 0.29) is 0 Å². The van der Waals surface area contributed by atoms with E-state index in [9.17, 15) is 8.78 Å². The van der Waals surface area contributed by atoms with Crippen molar-refractivity contribution in [3.05, 3.63) is 35.4 Å². The molecule has 2 fully saturated rings. The van der Waals surface area contributed by atoms with Crippen LogP contribution in [0.25, 0.3) is 0 Å². The highest BCUT2D eigenvalue weighted by Crippen LogP contribution is 2.25. The molecular formula is C16H22F2N2. The van der Waals surface area contributed by atoms with Crippen LogP contribution in [0.1, 0.15) is 31.7 Å². The molecule has 2 saturated heterocycles. The van der Waals surface area contributed by atoms with E-state index in [0.717, 1.165) is 19.2 Å². The molecule has 0 aromatic heterocycles. The Balaban J connectivity index is 1.70. The number of fused-ring (bicyclic) bond motifs is 1. The summed E-state index contributed by atoms with van der Waals surface area (Å²) in [6.45, 7) is 6.04. The first-order chi connectivity index (χ1) is 9.63. The second-order valence-electron chi connectivity index (χ2n) is 6.16. The molecule has 2 aliphatic heterocycles. The summed E-state index contributed by atoms with van der Waals surface area (Å²) >= 11 is 0. The van der Waals surface area contributed by atoms with E-state index in [2.05, 4.69) is 16.7 Å². The van der Waals surface area contributed by atoms with Crippen LogP contribution >= 0.6 is 0 Å². The minimum absolute atomic E-state index is 0.425. The number of piperidine rings is 1. The molecule has 0 radical (unpaired) electrons. The largest absolute Gasteiger partial charge is 0.298 e. The summed E-state index contributed by atoms with van der Waals surface area (Å²) in [6, 6.07) is 4.94. The van der Waals surface area contributed by atoms with Crippen molar-refractivity contribution in [2.45, 2.75) is 44.8 Å². The van der Waals surface area contributed by atoms with Crippen molar-refractivity contribution < 1.29 is 8.78 Å². The van der Waals surface area contributed by atoms with Gasteiger partial charge >= 0.3 is 0 Å². The molecule has 0 bridgehead atoms. The molecular weight excluding hydrogens is 258 g/mol. The molecule has 20 heavy (non-hydrogen) atoms. The molecule has 2 heterocycles. The van der Waals surface area contributed by atoms with E-state index in [0.29, 0.717) is 24.2 Å². The second kappa shape index (κ2) is 5.78. The van der Waals surface area contributed by atoms with E-state index >= 15 is 0 Å². The molecule has 0 spiro atoms. The fourth-order valence-corrected chi connectivity index (χ4v) is 3.50. The van der Waals surface area contributed by atoms with Crippen LogP contribution < -0.4 is 0 Å². The highest BCUT2D eigenvalue weighted by Gasteiger charge is 2.32. The molecule has 0 saturated carbocycles. The van der Waals surface area contributed by atoms with Crippen molar-refractivity contribution in [2.75, 3.05) is 19.6 Å². The van der Waals surface area contributed by atoms with Crippen LogP contribution in [0.15, 0.2) is 18.2 Å². The van der Waals surface area contributed by atoms with Crippen LogP contribution in [0.2, 0.25) is 0 Å². The van der Waals surface area contributed by atoms with Gasteiger partial charge in [-0.1, -0.05) is 12.5 Å². The van der Waals surface area contributed by atoms with Gasteiger partial charge < -0.3 is 0 Å². The Morgan fingerprint density at radius 1 is 1.20 bits per heavy atom. The Kier molecular flexibility index (Phi) is 4.03. The number of halogens is 2. The lowest BCUT2D eigenvalue weighted by Crippen LogP contribution is -2.58. The maximum absolute atomic E-state index is 13.8. The molecule has 2 atom stereocenters. The third kappa shape index (κ3) is 2.86. The van der Waals surface area contributed by atoms with Gasteiger partial charge in [0.05, 0.1) is 0 Å². The summed E-state index contributed by atoms with van der Waals surface area (Å²) in [5, 5.41) is 0. The molecule has 1 aromatic rings. The van der Waals surface area contributed by atoms with Gasteiger partial charge in [0, 0.05) is 43.3 Å². The zero-order valence-electron chi connectivity index (χ0n) is 12.0. The summed E-state index contributed by atoms with van der Waals surface area (Å²) in [4.78, 5) is 4.91. The Hall–Kier alpha value is -1.00. The molecule has 2 aliphatic rings. The van der Waals surface area contributed by atoms with Gasteiger partial charge in [0.25, 0.3) is 0 Å². The van der Waals surface area contributed by atoms with Gasteiger partial charge in [-0.2, -0.15) is 0 Å². The smallest absolute Gasteiger partial charge is 0.130 e. The lowest BCUT2D eigenvalue weighted by molar-refractivity contribution is 0.0106. The third-order valence-corrected chi connectivity index (χ3v) is 4.70. The fourth-order valence-electron chi connectivity index (χ4n) is 3.50. The van der Waals surface area contributed by atoms with Crippen molar-refractivity contribution in [1.82, 2.24) is 9.80 Å². The van der Waals surface area contributed by atoms with Gasteiger partial charge in [0.1, 0.15) is 11.6 Å². The summed E-state index contributed by atoms with van der Waals surface area (Å²) in [6.07, 6.45) is 3.85. The minimum atomic E-state index is -0.503. The zero-order chi connectivity index (χ0) is 14.1. The molecule has 110 valence electrons. The van der Waals surface area contributed by atoms with Crippen LogP contribution in [0.3, 0.4) is 0 Å². The van der Waals surface area contributed by atoms with E-state index < -0.39 is 11.6 Å². The Labute approximate surface area is 119 Å². The number of hydrogen-bond donors (Lipinski definition) is 0. The number of nitrogens with zero attached hydrogens (tertiary/aromatic N) is 2. The average Bonchev–Trinajstić information content (AvgIpc) is 2.42. The van der Waals surface area contributed by atoms with Crippen LogP contribution in [0.5, 0.6) is 0 Å². The van der Waals surface area contributed by atoms with Gasteiger partial charge in [-0.05, 0) is 32.4 Å². The highest BCUT2D eigenvalue weighted by atomic mass is 19.1. The van der Waals surface area contributed by atoms with Crippen molar-refractivity contribution in [2.24, 2.45) is 0 Å². The average molecular weight is 280 g/mol. The molecule has 2 unspecified atom stereocenters. The van der Waals surface area contributed by atoms with E-state index in [1.807, 2.05) is 0 Å². The maximum Gasteiger partial charge on any atom is 0.130 e. The number of benzene rings is 1. The minimum Gasteiger partial charge on any atom is -0.298 e. The summed E-state index contributed by atoms with van der Waals surface area (Å²) in [7, 11) is 0. The standard InChI is InChI=1S/C16H22F2N2/c1-12-9-19-7-3-2-4-15(19)11-20(12)10-13-5-6-14(17)8-16(13)18/h5-6,8,12,15H,2-4,7,9-11H2,1H3. The van der Waals surface area contributed by atoms with Gasteiger partial charge in [0.2, 0.25) is 0 Å². The lowest BCUT2D eigenvalue weighted by Gasteiger charge is -2.47. The monoisotopic (exact) mass is 280 g/mol. The number of rotatable bonds is 2. The lowest BCUT2D eigenvalue weighted by atomic mass is 9.96. The summed E-state index contributed by atoms with van der Waals surface area (Å²) in [5.41, 5.74) is 0.600. The third-order valence-electron chi connectivity index (χ3n) is 4.70. The first-order valence-electron chi connectivity index (χ1n) is 7.55. The molecule has 1 aromatic carbocycles. The zero-order valence-corrected chi connectivity index (χ0v) is 12.0. The summed E-state index contributed by atoms with van der Waals surface area (Å²) in [5.74, 6) is -0.931. The number of hydrogen-bond acceptors (Lipinski definition) is 2. The Morgan fingerprint density at radius 3 is 2.85 bits per heavy atom. The van der Waals surface area contributed by atoms with Crippen molar-refractivity contribution >= 4 is 0 Å². The number of piperazine rings is 1. The maximum atomic E-state index is 13.8. The van der Waals surface area contributed by atoms with Crippen LogP contribution in [0, 0.1) is 11.6 Å². The van der Waals surface area contributed by atoms with Crippen LogP contribution in [0.4, 0.5) is 8.78 Å². The molecule has 0 amide bonds. The van der Waals surface area contributed by atoms with E-state index in [1.165, 1.54) is 31.9 Å². The van der Waals surface area contributed by atoms with Gasteiger partial charge in [-0.3, -0.25) is 9.80 Å². The van der Waals surface area contributed by atoms with Gasteiger partial charge in [-0.15, -0.1) is 0 Å². The topological polar surface area (TPSA) is 6.48 Å². The fraction of sp³-hybridized carbons (Fsp3) is 0.625. The first-order valence-corrected chi connectivity index (χ1v) is 7.55. The van der Waals surface area contributed by atoms with Crippen LogP contribution in [-0.4, -0.2) is 41.5 Å². The summed E-state index contributed by atoms with van der Waals surface area (Å²) < 4.78 is 26.8. The second-order valence-corrected chi connectivity index (χ2v) is 6.16.